The number of fused-ring (bicyclic) bond motifs is 1. The quantitative estimate of drug-likeness (QED) is 0.605. The minimum atomic E-state index is -1.13. The van der Waals surface area contributed by atoms with Gasteiger partial charge in [-0.2, -0.15) is 0 Å². The lowest BCUT2D eigenvalue weighted by Crippen LogP contribution is -2.36. The first-order valence-electron chi connectivity index (χ1n) is 8.76. The number of benzene rings is 2. The third-order valence-corrected chi connectivity index (χ3v) is 4.21. The molecule has 0 saturated heterocycles. The Hall–Kier alpha value is -3.88. The van der Waals surface area contributed by atoms with Crippen LogP contribution in [0.15, 0.2) is 58.1 Å². The number of aromatic nitrogens is 2. The van der Waals surface area contributed by atoms with Gasteiger partial charge in [-0.25, -0.2) is 4.68 Å². The van der Waals surface area contributed by atoms with Crippen LogP contribution in [0.4, 0.5) is 5.69 Å². The van der Waals surface area contributed by atoms with Crippen LogP contribution >= 0.6 is 0 Å². The summed E-state index contributed by atoms with van der Waals surface area (Å²) < 4.78 is 11.1. The molecule has 1 amide bonds. The Labute approximate surface area is 164 Å². The average Bonchev–Trinajstić information content (AvgIpc) is 2.72. The van der Waals surface area contributed by atoms with Gasteiger partial charge in [0.05, 0.1) is 23.6 Å². The fourth-order valence-electron chi connectivity index (χ4n) is 2.76. The summed E-state index contributed by atoms with van der Waals surface area (Å²) in [5.41, 5.74) is -0.615. The van der Waals surface area contributed by atoms with Crippen molar-refractivity contribution in [1.29, 1.82) is 0 Å². The lowest BCUT2D eigenvalue weighted by molar-refractivity contribution is -0.154. The summed E-state index contributed by atoms with van der Waals surface area (Å²) in [5, 5.41) is 5.36. The monoisotopic (exact) mass is 397 g/mol. The number of ether oxygens (including phenoxy) is 2. The summed E-state index contributed by atoms with van der Waals surface area (Å²) >= 11 is 0. The highest BCUT2D eigenvalue weighted by molar-refractivity contribution is 5.96. The Morgan fingerprint density at radius 1 is 1.07 bits per heavy atom. The molecule has 0 unspecified atom stereocenters. The summed E-state index contributed by atoms with van der Waals surface area (Å²) in [6.07, 6.45) is -1.13. The number of nitrogens with zero attached hydrogens (tertiary/aromatic N) is 1. The maximum Gasteiger partial charge on any atom is 0.328 e. The van der Waals surface area contributed by atoms with Crippen LogP contribution in [0, 0.1) is 0 Å². The summed E-state index contributed by atoms with van der Waals surface area (Å²) in [6, 6.07) is 13.1. The van der Waals surface area contributed by atoms with Crippen LogP contribution < -0.4 is 21.2 Å². The molecule has 2 aromatic carbocycles. The van der Waals surface area contributed by atoms with Crippen molar-refractivity contribution in [3.05, 3.63) is 69.2 Å². The maximum absolute atomic E-state index is 12.4. The SMILES string of the molecule is COc1ccccc1NC(=O)[C@@H](C)OC(=O)Cn1[nH]c(=O)c2ccccc2c1=O. The van der Waals surface area contributed by atoms with Gasteiger partial charge in [0.25, 0.3) is 17.0 Å². The molecule has 0 bridgehead atoms. The molecule has 150 valence electrons. The Bertz CT molecular complexity index is 1180. The number of hydrogen-bond acceptors (Lipinski definition) is 6. The first-order chi connectivity index (χ1) is 13.9. The lowest BCUT2D eigenvalue weighted by atomic mass is 10.2. The van der Waals surface area contributed by atoms with E-state index in [0.717, 1.165) is 4.68 Å². The Morgan fingerprint density at radius 2 is 1.72 bits per heavy atom. The van der Waals surface area contributed by atoms with Gasteiger partial charge in [-0.3, -0.25) is 24.3 Å². The van der Waals surface area contributed by atoms with Gasteiger partial charge in [-0.1, -0.05) is 24.3 Å². The molecule has 0 aliphatic rings. The number of para-hydroxylation sites is 2. The number of carbonyl (C=O) groups is 2. The number of rotatable bonds is 6. The smallest absolute Gasteiger partial charge is 0.328 e. The van der Waals surface area contributed by atoms with Crippen molar-refractivity contribution >= 4 is 28.3 Å². The number of hydrogen-bond donors (Lipinski definition) is 2. The normalized spacial score (nSPS) is 11.7. The fraction of sp³-hybridized carbons (Fsp3) is 0.200. The summed E-state index contributed by atoms with van der Waals surface area (Å²) in [7, 11) is 1.47. The van der Waals surface area contributed by atoms with Crippen LogP contribution in [0.5, 0.6) is 5.75 Å². The topological polar surface area (TPSA) is 119 Å². The van der Waals surface area contributed by atoms with Crippen LogP contribution in [0.2, 0.25) is 0 Å². The third kappa shape index (κ3) is 4.34. The number of aromatic amines is 1. The van der Waals surface area contributed by atoms with E-state index in [1.54, 1.807) is 36.4 Å². The third-order valence-electron chi connectivity index (χ3n) is 4.21. The van der Waals surface area contributed by atoms with Crippen molar-refractivity contribution in [2.24, 2.45) is 0 Å². The summed E-state index contributed by atoms with van der Waals surface area (Å²) in [5.74, 6) is -0.956. The van der Waals surface area contributed by atoms with Gasteiger partial charge in [0.1, 0.15) is 12.3 Å². The zero-order valence-corrected chi connectivity index (χ0v) is 15.8. The molecule has 0 aliphatic carbocycles. The molecule has 3 rings (SSSR count). The summed E-state index contributed by atoms with van der Waals surface area (Å²) in [6.45, 7) is 0.861. The fourth-order valence-corrected chi connectivity index (χ4v) is 2.76. The molecular weight excluding hydrogens is 378 g/mol. The predicted octanol–water partition coefficient (Wildman–Crippen LogP) is 1.27. The van der Waals surface area contributed by atoms with Crippen molar-refractivity contribution in [2.45, 2.75) is 19.6 Å². The molecule has 1 aromatic heterocycles. The number of nitrogens with one attached hydrogen (secondary N) is 2. The molecule has 9 nitrogen and oxygen atoms in total. The molecule has 3 aromatic rings. The predicted molar refractivity (Wildman–Crippen MR) is 106 cm³/mol. The maximum atomic E-state index is 12.4. The van der Waals surface area contributed by atoms with E-state index in [-0.39, 0.29) is 10.8 Å². The van der Waals surface area contributed by atoms with E-state index >= 15 is 0 Å². The van der Waals surface area contributed by atoms with E-state index in [4.69, 9.17) is 9.47 Å². The van der Waals surface area contributed by atoms with Crippen LogP contribution in [-0.4, -0.2) is 34.9 Å². The molecule has 0 aliphatic heterocycles. The van der Waals surface area contributed by atoms with Gasteiger partial charge in [0, 0.05) is 0 Å². The van der Waals surface area contributed by atoms with Gasteiger partial charge in [0.2, 0.25) is 0 Å². The van der Waals surface area contributed by atoms with Crippen LogP contribution in [0.1, 0.15) is 6.92 Å². The van der Waals surface area contributed by atoms with E-state index < -0.39 is 35.6 Å². The number of carbonyl (C=O) groups excluding carboxylic acids is 2. The lowest BCUT2D eigenvalue weighted by Gasteiger charge is -2.15. The Balaban J connectivity index is 1.70. The molecular formula is C20H19N3O6. The van der Waals surface area contributed by atoms with Gasteiger partial charge in [-0.15, -0.1) is 0 Å². The van der Waals surface area contributed by atoms with Gasteiger partial charge < -0.3 is 14.8 Å². The molecule has 29 heavy (non-hydrogen) atoms. The minimum Gasteiger partial charge on any atom is -0.495 e. The largest absolute Gasteiger partial charge is 0.495 e. The Morgan fingerprint density at radius 3 is 2.45 bits per heavy atom. The molecule has 9 heteroatoms. The second-order valence-corrected chi connectivity index (χ2v) is 6.20. The van der Waals surface area contributed by atoms with E-state index in [0.29, 0.717) is 11.4 Å². The van der Waals surface area contributed by atoms with Gasteiger partial charge in [-0.05, 0) is 31.2 Å². The number of H-pyrrole nitrogens is 1. The molecule has 0 saturated carbocycles. The number of esters is 1. The van der Waals surface area contributed by atoms with E-state index in [1.165, 1.54) is 26.2 Å². The summed E-state index contributed by atoms with van der Waals surface area (Å²) in [4.78, 5) is 49.0. The molecule has 0 fully saturated rings. The Kier molecular flexibility index (Phi) is 5.77. The standard InChI is InChI=1S/C20H19N3O6/c1-12(18(25)21-15-9-5-6-10-16(15)28-2)29-17(24)11-23-20(27)14-8-4-3-7-13(14)19(26)22-23/h3-10,12H,11H2,1-2H3,(H,21,25)(H,22,26)/t12-/m1/s1. The first kappa shape index (κ1) is 19.9. The first-order valence-corrected chi connectivity index (χ1v) is 8.76. The number of amides is 1. The second kappa shape index (κ2) is 8.42. The van der Waals surface area contributed by atoms with E-state index in [9.17, 15) is 19.2 Å². The average molecular weight is 397 g/mol. The minimum absolute atomic E-state index is 0.186. The van der Waals surface area contributed by atoms with Crippen molar-refractivity contribution in [2.75, 3.05) is 12.4 Å². The van der Waals surface area contributed by atoms with E-state index in [1.807, 2.05) is 0 Å². The zero-order valence-electron chi connectivity index (χ0n) is 15.8. The highest BCUT2D eigenvalue weighted by atomic mass is 16.5. The molecule has 0 radical (unpaired) electrons. The van der Waals surface area contributed by atoms with Crippen LogP contribution in [-0.2, 0) is 20.9 Å². The molecule has 1 atom stereocenters. The highest BCUT2D eigenvalue weighted by Crippen LogP contribution is 2.23. The van der Waals surface area contributed by atoms with Crippen molar-refractivity contribution in [1.82, 2.24) is 9.78 Å². The molecule has 0 spiro atoms. The van der Waals surface area contributed by atoms with Crippen LogP contribution in [0.3, 0.4) is 0 Å². The number of anilines is 1. The van der Waals surface area contributed by atoms with E-state index in [2.05, 4.69) is 10.4 Å². The van der Waals surface area contributed by atoms with Crippen molar-refractivity contribution in [3.63, 3.8) is 0 Å². The van der Waals surface area contributed by atoms with Crippen LogP contribution in [0.25, 0.3) is 10.8 Å². The highest BCUT2D eigenvalue weighted by Gasteiger charge is 2.20. The zero-order chi connectivity index (χ0) is 21.0. The number of methoxy groups -OCH3 is 1. The van der Waals surface area contributed by atoms with Crippen molar-refractivity contribution < 1.29 is 19.1 Å². The van der Waals surface area contributed by atoms with Gasteiger partial charge >= 0.3 is 5.97 Å². The van der Waals surface area contributed by atoms with Gasteiger partial charge in [0.15, 0.2) is 6.10 Å². The molecule has 1 heterocycles. The second-order valence-electron chi connectivity index (χ2n) is 6.20. The molecule has 2 N–H and O–H groups in total. The van der Waals surface area contributed by atoms with Crippen molar-refractivity contribution in [3.8, 4) is 5.75 Å².